The Labute approximate surface area is 122 Å². The van der Waals surface area contributed by atoms with Crippen molar-refractivity contribution in [2.24, 2.45) is 0 Å². The Morgan fingerprint density at radius 2 is 1.86 bits per heavy atom. The van der Waals surface area contributed by atoms with E-state index in [1.54, 1.807) is 9.80 Å². The van der Waals surface area contributed by atoms with Gasteiger partial charge in [-0.05, 0) is 25.1 Å². The first-order valence-corrected chi connectivity index (χ1v) is 6.90. The van der Waals surface area contributed by atoms with Crippen LogP contribution >= 0.6 is 0 Å². The average molecular weight is 294 g/mol. The third-order valence-electron chi connectivity index (χ3n) is 3.43. The summed E-state index contributed by atoms with van der Waals surface area (Å²) in [6, 6.07) is 3.62. The van der Waals surface area contributed by atoms with Gasteiger partial charge in [0.2, 0.25) is 0 Å². The Bertz CT molecular complexity index is 542. The van der Waals surface area contributed by atoms with Crippen LogP contribution < -0.4 is 11.1 Å². The summed E-state index contributed by atoms with van der Waals surface area (Å²) in [5, 5.41) is 2.72. The van der Waals surface area contributed by atoms with E-state index in [0.717, 1.165) is 6.07 Å². The van der Waals surface area contributed by atoms with Crippen molar-refractivity contribution in [2.75, 3.05) is 38.5 Å². The fourth-order valence-electron chi connectivity index (χ4n) is 2.26. The van der Waals surface area contributed by atoms with Gasteiger partial charge in [0, 0.05) is 38.4 Å². The molecule has 0 unspecified atom stereocenters. The van der Waals surface area contributed by atoms with E-state index in [1.165, 1.54) is 12.1 Å². The number of halogens is 1. The summed E-state index contributed by atoms with van der Waals surface area (Å²) in [5.74, 6) is -0.795. The van der Waals surface area contributed by atoms with E-state index >= 15 is 0 Å². The van der Waals surface area contributed by atoms with Crippen LogP contribution in [0.5, 0.6) is 0 Å². The minimum atomic E-state index is -0.492. The van der Waals surface area contributed by atoms with Crippen LogP contribution in [-0.4, -0.2) is 54.5 Å². The summed E-state index contributed by atoms with van der Waals surface area (Å²) in [4.78, 5) is 27.3. The number of carbonyl (C=O) groups excluding carboxylic acids is 2. The Kier molecular flexibility index (Phi) is 4.62. The first-order chi connectivity index (χ1) is 10.0. The number of amides is 3. The number of hydrogen-bond donors (Lipinski definition) is 2. The lowest BCUT2D eigenvalue weighted by Gasteiger charge is -2.34. The molecule has 1 aliphatic heterocycles. The lowest BCUT2D eigenvalue weighted by molar-refractivity contribution is 0.0666. The van der Waals surface area contributed by atoms with Crippen molar-refractivity contribution < 1.29 is 14.0 Å². The zero-order valence-corrected chi connectivity index (χ0v) is 11.9. The Hall–Kier alpha value is -2.31. The summed E-state index contributed by atoms with van der Waals surface area (Å²) < 4.78 is 13.2. The molecule has 21 heavy (non-hydrogen) atoms. The third-order valence-corrected chi connectivity index (χ3v) is 3.43. The molecular formula is C14H19FN4O2. The van der Waals surface area contributed by atoms with Gasteiger partial charge in [0.15, 0.2) is 0 Å². The van der Waals surface area contributed by atoms with E-state index in [2.05, 4.69) is 5.32 Å². The highest BCUT2D eigenvalue weighted by Gasteiger charge is 2.25. The summed E-state index contributed by atoms with van der Waals surface area (Å²) in [5.41, 5.74) is 6.15. The highest BCUT2D eigenvalue weighted by atomic mass is 19.1. The van der Waals surface area contributed by atoms with E-state index in [-0.39, 0.29) is 23.2 Å². The maximum absolute atomic E-state index is 13.2. The van der Waals surface area contributed by atoms with Crippen LogP contribution in [0, 0.1) is 5.82 Å². The van der Waals surface area contributed by atoms with E-state index in [4.69, 9.17) is 5.73 Å². The lowest BCUT2D eigenvalue weighted by Crippen LogP contribution is -2.53. The summed E-state index contributed by atoms with van der Waals surface area (Å²) in [6.45, 7) is 4.14. The molecule has 2 rings (SSSR count). The Morgan fingerprint density at radius 1 is 1.24 bits per heavy atom. The highest BCUT2D eigenvalue weighted by molar-refractivity contribution is 5.99. The van der Waals surface area contributed by atoms with Gasteiger partial charge in [-0.1, -0.05) is 0 Å². The molecule has 7 heteroatoms. The number of piperazine rings is 1. The SMILES string of the molecule is CCNC(=O)N1CCN(C(=O)c2cc(F)ccc2N)CC1. The fourth-order valence-corrected chi connectivity index (χ4v) is 2.26. The van der Waals surface area contributed by atoms with Crippen molar-refractivity contribution in [2.45, 2.75) is 6.92 Å². The molecule has 1 fully saturated rings. The van der Waals surface area contributed by atoms with Crippen molar-refractivity contribution in [3.8, 4) is 0 Å². The molecule has 0 spiro atoms. The number of rotatable bonds is 2. The minimum Gasteiger partial charge on any atom is -0.398 e. The predicted molar refractivity (Wildman–Crippen MR) is 77.4 cm³/mol. The Balaban J connectivity index is 2.00. The van der Waals surface area contributed by atoms with Gasteiger partial charge >= 0.3 is 6.03 Å². The zero-order valence-electron chi connectivity index (χ0n) is 11.9. The molecule has 0 saturated carbocycles. The summed E-state index contributed by atoms with van der Waals surface area (Å²) >= 11 is 0. The van der Waals surface area contributed by atoms with E-state index < -0.39 is 5.82 Å². The summed E-state index contributed by atoms with van der Waals surface area (Å²) in [7, 11) is 0. The topological polar surface area (TPSA) is 78.7 Å². The van der Waals surface area contributed by atoms with Crippen LogP contribution in [0.25, 0.3) is 0 Å². The molecular weight excluding hydrogens is 275 g/mol. The molecule has 114 valence electrons. The maximum atomic E-state index is 13.2. The first kappa shape index (κ1) is 15.1. The molecule has 1 aromatic rings. The van der Waals surface area contributed by atoms with Crippen molar-refractivity contribution in [3.05, 3.63) is 29.6 Å². The average Bonchev–Trinajstić information content (AvgIpc) is 2.49. The van der Waals surface area contributed by atoms with Crippen LogP contribution in [0.4, 0.5) is 14.9 Å². The molecule has 0 radical (unpaired) electrons. The number of nitrogen functional groups attached to an aromatic ring is 1. The van der Waals surface area contributed by atoms with Gasteiger partial charge in [0.25, 0.3) is 5.91 Å². The standard InChI is InChI=1S/C14H19FN4O2/c1-2-17-14(21)19-7-5-18(6-8-19)13(20)11-9-10(15)3-4-12(11)16/h3-4,9H,2,5-8,16H2,1H3,(H,17,21). The normalized spacial score (nSPS) is 15.0. The molecule has 0 aliphatic carbocycles. The number of nitrogens with two attached hydrogens (primary N) is 1. The second-order valence-electron chi connectivity index (χ2n) is 4.85. The van der Waals surface area contributed by atoms with Crippen LogP contribution in [0.1, 0.15) is 17.3 Å². The minimum absolute atomic E-state index is 0.130. The first-order valence-electron chi connectivity index (χ1n) is 6.90. The molecule has 3 amide bonds. The van der Waals surface area contributed by atoms with Crippen molar-refractivity contribution in [3.63, 3.8) is 0 Å². The van der Waals surface area contributed by atoms with Gasteiger partial charge < -0.3 is 20.9 Å². The second-order valence-corrected chi connectivity index (χ2v) is 4.85. The van der Waals surface area contributed by atoms with Gasteiger partial charge in [-0.25, -0.2) is 9.18 Å². The van der Waals surface area contributed by atoms with Crippen molar-refractivity contribution in [1.29, 1.82) is 0 Å². The smallest absolute Gasteiger partial charge is 0.317 e. The van der Waals surface area contributed by atoms with E-state index in [0.29, 0.717) is 32.7 Å². The maximum Gasteiger partial charge on any atom is 0.317 e. The predicted octanol–water partition coefficient (Wildman–Crippen LogP) is 0.895. The zero-order chi connectivity index (χ0) is 15.4. The molecule has 0 aromatic heterocycles. The molecule has 0 bridgehead atoms. The van der Waals surface area contributed by atoms with E-state index in [1.807, 2.05) is 6.92 Å². The molecule has 0 atom stereocenters. The van der Waals surface area contributed by atoms with Gasteiger partial charge in [0.1, 0.15) is 5.82 Å². The number of urea groups is 1. The molecule has 1 saturated heterocycles. The largest absolute Gasteiger partial charge is 0.398 e. The number of nitrogens with one attached hydrogen (secondary N) is 1. The monoisotopic (exact) mass is 294 g/mol. The number of nitrogens with zero attached hydrogens (tertiary/aromatic N) is 2. The molecule has 1 aliphatic rings. The van der Waals surface area contributed by atoms with Crippen LogP contribution in [0.15, 0.2) is 18.2 Å². The van der Waals surface area contributed by atoms with Crippen molar-refractivity contribution in [1.82, 2.24) is 15.1 Å². The van der Waals surface area contributed by atoms with Crippen LogP contribution in [-0.2, 0) is 0 Å². The lowest BCUT2D eigenvalue weighted by atomic mass is 10.1. The Morgan fingerprint density at radius 3 is 2.48 bits per heavy atom. The van der Waals surface area contributed by atoms with Gasteiger partial charge in [-0.2, -0.15) is 0 Å². The number of carbonyl (C=O) groups is 2. The molecule has 6 nitrogen and oxygen atoms in total. The number of anilines is 1. The molecule has 1 heterocycles. The summed E-state index contributed by atoms with van der Waals surface area (Å²) in [6.07, 6.45) is 0. The quantitative estimate of drug-likeness (QED) is 0.795. The highest BCUT2D eigenvalue weighted by Crippen LogP contribution is 2.17. The van der Waals surface area contributed by atoms with E-state index in [9.17, 15) is 14.0 Å². The number of benzene rings is 1. The second kappa shape index (κ2) is 6.43. The molecule has 3 N–H and O–H groups in total. The van der Waals surface area contributed by atoms with Crippen LogP contribution in [0.2, 0.25) is 0 Å². The fraction of sp³-hybridized carbons (Fsp3) is 0.429. The van der Waals surface area contributed by atoms with Gasteiger partial charge in [-0.15, -0.1) is 0 Å². The van der Waals surface area contributed by atoms with Crippen molar-refractivity contribution >= 4 is 17.6 Å². The molecule has 1 aromatic carbocycles. The van der Waals surface area contributed by atoms with Gasteiger partial charge in [0.05, 0.1) is 5.56 Å². The van der Waals surface area contributed by atoms with Gasteiger partial charge in [-0.3, -0.25) is 4.79 Å². The third kappa shape index (κ3) is 3.42. The van der Waals surface area contributed by atoms with Crippen LogP contribution in [0.3, 0.4) is 0 Å². The number of hydrogen-bond acceptors (Lipinski definition) is 3.